The van der Waals surface area contributed by atoms with Crippen LogP contribution in [0.1, 0.15) is 97.3 Å². The lowest BCUT2D eigenvalue weighted by Crippen LogP contribution is -2.43. The Kier molecular flexibility index (Phi) is 14.5. The van der Waals surface area contributed by atoms with Gasteiger partial charge in [-0.25, -0.2) is 0 Å². The zero-order valence-corrected chi connectivity index (χ0v) is 16.2. The topological polar surface area (TPSA) is 127 Å². The fourth-order valence-corrected chi connectivity index (χ4v) is 3.27. The van der Waals surface area contributed by atoms with Gasteiger partial charge in [0.25, 0.3) is 10.1 Å². The van der Waals surface area contributed by atoms with Crippen LogP contribution >= 0.6 is 0 Å². The summed E-state index contributed by atoms with van der Waals surface area (Å²) in [6.45, 7) is 3.29. The molecule has 0 spiro atoms. The first kappa shape index (κ1) is 25.6. The van der Waals surface area contributed by atoms with Crippen LogP contribution in [-0.4, -0.2) is 28.8 Å². The highest BCUT2D eigenvalue weighted by Crippen LogP contribution is 2.24. The van der Waals surface area contributed by atoms with Gasteiger partial charge in [0, 0.05) is 0 Å². The Bertz CT molecular complexity index is 425. The Hall–Kier alpha value is -0.660. The molecule has 24 heavy (non-hydrogen) atoms. The molecule has 0 aliphatic rings. The van der Waals surface area contributed by atoms with Crippen molar-refractivity contribution in [2.24, 2.45) is 0 Å². The van der Waals surface area contributed by atoms with E-state index >= 15 is 0 Å². The van der Waals surface area contributed by atoms with E-state index in [1.165, 1.54) is 51.4 Å². The summed E-state index contributed by atoms with van der Waals surface area (Å²) in [6.07, 6.45) is 13.6. The lowest BCUT2D eigenvalue weighted by molar-refractivity contribution is -0.140. The molecular weight excluding hydrogens is 330 g/mol. The van der Waals surface area contributed by atoms with Crippen LogP contribution in [0.4, 0.5) is 0 Å². The maximum Gasteiger partial charge on any atom is 0.327 e. The van der Waals surface area contributed by atoms with Crippen LogP contribution in [0, 0.1) is 0 Å². The van der Waals surface area contributed by atoms with Crippen molar-refractivity contribution in [3.8, 4) is 0 Å². The molecule has 0 saturated carbocycles. The van der Waals surface area contributed by atoms with Crippen molar-refractivity contribution in [1.82, 2.24) is 6.15 Å². The number of hydrogen-bond acceptors (Lipinski definition) is 4. The molecule has 146 valence electrons. The molecule has 0 aromatic heterocycles. The van der Waals surface area contributed by atoms with Crippen LogP contribution in [0.15, 0.2) is 0 Å². The van der Waals surface area contributed by atoms with Gasteiger partial charge in [0.1, 0.15) is 0 Å². The molecule has 0 aromatic rings. The molecule has 0 fully saturated rings. The molecule has 0 aromatic carbocycles. The molecule has 0 aliphatic carbocycles. The first-order valence-corrected chi connectivity index (χ1v) is 10.4. The van der Waals surface area contributed by atoms with Crippen LogP contribution in [0.2, 0.25) is 0 Å². The number of hydrogen-bond donors (Lipinski definition) is 3. The van der Waals surface area contributed by atoms with Crippen LogP contribution in [-0.2, 0) is 14.9 Å². The predicted molar refractivity (Wildman–Crippen MR) is 98.3 cm³/mol. The predicted octanol–water partition coefficient (Wildman–Crippen LogP) is 4.97. The Morgan fingerprint density at radius 2 is 1.17 bits per heavy atom. The van der Waals surface area contributed by atoms with Gasteiger partial charge in [-0.05, 0) is 13.3 Å². The highest BCUT2D eigenvalue weighted by atomic mass is 32.2. The fraction of sp³-hybridized carbons (Fsp3) is 0.941. The SMILES string of the molecule is CCCCCCCCCCCCCCC(C)(C(=O)O)S(=O)(=O)O.N. The standard InChI is InChI=1S/C17H34O5S.H3N/c1-3-4-5-6-7-8-9-10-11-12-13-14-15-17(2,16(18)19)23(20,21)22;/h3-15H2,1-2H3,(H,18,19)(H,20,21,22);1H3. The average molecular weight is 368 g/mol. The van der Waals surface area contributed by atoms with Gasteiger partial charge in [-0.3, -0.25) is 9.35 Å². The van der Waals surface area contributed by atoms with Gasteiger partial charge in [-0.1, -0.05) is 84.0 Å². The normalized spacial score (nSPS) is 14.0. The summed E-state index contributed by atoms with van der Waals surface area (Å²) < 4.78 is 29.4. The van der Waals surface area contributed by atoms with Crippen molar-refractivity contribution >= 4 is 16.1 Å². The minimum absolute atomic E-state index is 0. The molecule has 7 heteroatoms. The van der Waals surface area contributed by atoms with E-state index in [2.05, 4.69) is 6.92 Å². The summed E-state index contributed by atoms with van der Waals surface area (Å²) in [7, 11) is -4.58. The average Bonchev–Trinajstić information content (AvgIpc) is 2.46. The molecule has 0 amide bonds. The summed E-state index contributed by atoms with van der Waals surface area (Å²) in [5.74, 6) is -1.48. The zero-order chi connectivity index (χ0) is 17.8. The Morgan fingerprint density at radius 1 is 0.833 bits per heavy atom. The number of rotatable bonds is 15. The second-order valence-corrected chi connectivity index (χ2v) is 8.50. The first-order chi connectivity index (χ1) is 10.8. The van der Waals surface area contributed by atoms with E-state index < -0.39 is 20.8 Å². The van der Waals surface area contributed by atoms with Crippen molar-refractivity contribution in [3.05, 3.63) is 0 Å². The maximum absolute atomic E-state index is 11.2. The largest absolute Gasteiger partial charge is 0.480 e. The van der Waals surface area contributed by atoms with Gasteiger partial charge >= 0.3 is 5.97 Å². The van der Waals surface area contributed by atoms with Gasteiger partial charge in [0.15, 0.2) is 4.75 Å². The third-order valence-corrected chi connectivity index (χ3v) is 6.05. The highest BCUT2D eigenvalue weighted by Gasteiger charge is 2.45. The molecule has 5 N–H and O–H groups in total. The molecule has 0 aliphatic heterocycles. The highest BCUT2D eigenvalue weighted by molar-refractivity contribution is 7.88. The summed E-state index contributed by atoms with van der Waals surface area (Å²) in [5, 5.41) is 9.01. The smallest absolute Gasteiger partial charge is 0.327 e. The van der Waals surface area contributed by atoms with Gasteiger partial charge in [-0.15, -0.1) is 0 Å². The molecule has 0 bridgehead atoms. The second-order valence-electron chi connectivity index (χ2n) is 6.65. The van der Waals surface area contributed by atoms with Crippen LogP contribution in [0.5, 0.6) is 0 Å². The van der Waals surface area contributed by atoms with E-state index in [9.17, 15) is 13.2 Å². The summed E-state index contributed by atoms with van der Waals surface area (Å²) in [5.41, 5.74) is 0. The number of carboxylic acid groups (broad SMARTS) is 1. The lowest BCUT2D eigenvalue weighted by Gasteiger charge is -2.20. The third-order valence-electron chi connectivity index (χ3n) is 4.53. The number of aliphatic carboxylic acids is 1. The Balaban J connectivity index is 0. The van der Waals surface area contributed by atoms with Crippen LogP contribution in [0.3, 0.4) is 0 Å². The van der Waals surface area contributed by atoms with Gasteiger partial charge < -0.3 is 11.3 Å². The summed E-state index contributed by atoms with van der Waals surface area (Å²) in [6, 6.07) is 0. The third kappa shape index (κ3) is 10.3. The maximum atomic E-state index is 11.2. The minimum atomic E-state index is -4.58. The van der Waals surface area contributed by atoms with E-state index in [1.807, 2.05) is 0 Å². The Labute approximate surface area is 147 Å². The molecule has 1 atom stereocenters. The zero-order valence-electron chi connectivity index (χ0n) is 15.4. The van der Waals surface area contributed by atoms with Crippen molar-refractivity contribution in [1.29, 1.82) is 0 Å². The summed E-state index contributed by atoms with van der Waals surface area (Å²) >= 11 is 0. The molecule has 0 rings (SSSR count). The van der Waals surface area contributed by atoms with Crippen LogP contribution in [0.25, 0.3) is 0 Å². The van der Waals surface area contributed by atoms with E-state index in [-0.39, 0.29) is 12.6 Å². The van der Waals surface area contributed by atoms with E-state index in [0.29, 0.717) is 6.42 Å². The second kappa shape index (κ2) is 13.6. The lowest BCUT2D eigenvalue weighted by atomic mass is 10.0. The molecule has 0 saturated heterocycles. The van der Waals surface area contributed by atoms with Gasteiger partial charge in [-0.2, -0.15) is 8.42 Å². The van der Waals surface area contributed by atoms with Gasteiger partial charge in [0.05, 0.1) is 0 Å². The van der Waals surface area contributed by atoms with Crippen molar-refractivity contribution in [2.75, 3.05) is 0 Å². The number of carbonyl (C=O) groups is 1. The quantitative estimate of drug-likeness (QED) is 0.277. The minimum Gasteiger partial charge on any atom is -0.480 e. The molecule has 0 radical (unpaired) electrons. The van der Waals surface area contributed by atoms with Crippen molar-refractivity contribution in [2.45, 2.75) is 102 Å². The number of unbranched alkanes of at least 4 members (excludes halogenated alkanes) is 11. The Morgan fingerprint density at radius 3 is 1.46 bits per heavy atom. The number of carboxylic acids is 1. The van der Waals surface area contributed by atoms with E-state index in [0.717, 1.165) is 26.2 Å². The van der Waals surface area contributed by atoms with E-state index in [4.69, 9.17) is 9.66 Å². The summed E-state index contributed by atoms with van der Waals surface area (Å²) in [4.78, 5) is 11.1. The first-order valence-electron chi connectivity index (χ1n) is 8.96. The molecule has 0 heterocycles. The van der Waals surface area contributed by atoms with E-state index in [1.54, 1.807) is 0 Å². The monoisotopic (exact) mass is 367 g/mol. The molecule has 6 nitrogen and oxygen atoms in total. The molecule has 1 unspecified atom stereocenters. The van der Waals surface area contributed by atoms with Gasteiger partial charge in [0.2, 0.25) is 0 Å². The molecular formula is C17H37NO5S. The van der Waals surface area contributed by atoms with Crippen molar-refractivity contribution in [3.63, 3.8) is 0 Å². The fourth-order valence-electron chi connectivity index (χ4n) is 2.65. The van der Waals surface area contributed by atoms with Crippen LogP contribution < -0.4 is 6.15 Å². The van der Waals surface area contributed by atoms with Crippen molar-refractivity contribution < 1.29 is 22.9 Å².